The fourth-order valence-corrected chi connectivity index (χ4v) is 2.76. The van der Waals surface area contributed by atoms with Crippen LogP contribution in [-0.4, -0.2) is 12.2 Å². The Labute approximate surface area is 132 Å². The fourth-order valence-electron chi connectivity index (χ4n) is 2.76. The van der Waals surface area contributed by atoms with Crippen molar-refractivity contribution < 1.29 is 4.39 Å². The summed E-state index contributed by atoms with van der Waals surface area (Å²) in [6.45, 7) is 9.80. The summed E-state index contributed by atoms with van der Waals surface area (Å²) in [5, 5.41) is 3.49. The molecule has 1 rings (SSSR count). The predicted molar refractivity (Wildman–Crippen MR) is 93.2 cm³/mol. The Morgan fingerprint density at radius 3 is 2.29 bits per heavy atom. The summed E-state index contributed by atoms with van der Waals surface area (Å²) in [6.07, 6.45) is 15.5. The first kappa shape index (κ1) is 20.2. The van der Waals surface area contributed by atoms with E-state index in [-0.39, 0.29) is 0 Å². The molecule has 0 aromatic rings. The van der Waals surface area contributed by atoms with Crippen LogP contribution < -0.4 is 5.32 Å². The van der Waals surface area contributed by atoms with Crippen LogP contribution in [0.15, 0.2) is 24.9 Å². The van der Waals surface area contributed by atoms with Crippen molar-refractivity contribution in [1.82, 2.24) is 5.32 Å². The fraction of sp³-hybridized carbons (Fsp3) is 0.789. The standard InChI is InChI=1S/C17H30FN.C2H6/c1-3-16(18)12-10-14-19-17-13-9-7-5-4-6-8-11-15(17)2;1-2/h3,10,14-17,19H,1,4-9,11-13H2,2H3;1-2H3/b14-10+;. The summed E-state index contributed by atoms with van der Waals surface area (Å²) in [4.78, 5) is 0. The van der Waals surface area contributed by atoms with Crippen LogP contribution in [-0.2, 0) is 0 Å². The Morgan fingerprint density at radius 2 is 1.67 bits per heavy atom. The van der Waals surface area contributed by atoms with Crippen LogP contribution in [0.4, 0.5) is 4.39 Å². The molecule has 0 bridgehead atoms. The highest BCUT2D eigenvalue weighted by Crippen LogP contribution is 2.21. The molecule has 0 aliphatic heterocycles. The van der Waals surface area contributed by atoms with E-state index in [0.717, 1.165) is 0 Å². The second-order valence-corrected chi connectivity index (χ2v) is 5.84. The van der Waals surface area contributed by atoms with E-state index in [2.05, 4.69) is 18.8 Å². The maximum absolute atomic E-state index is 13.0. The summed E-state index contributed by atoms with van der Waals surface area (Å²) in [7, 11) is 0. The van der Waals surface area contributed by atoms with Crippen molar-refractivity contribution >= 4 is 0 Å². The summed E-state index contributed by atoms with van der Waals surface area (Å²) >= 11 is 0. The first-order valence-corrected chi connectivity index (χ1v) is 8.91. The number of nitrogens with one attached hydrogen (secondary N) is 1. The molecule has 1 nitrogen and oxygen atoms in total. The van der Waals surface area contributed by atoms with Gasteiger partial charge in [-0.25, -0.2) is 4.39 Å². The summed E-state index contributed by atoms with van der Waals surface area (Å²) in [5.74, 6) is 0.711. The minimum atomic E-state index is -0.917. The van der Waals surface area contributed by atoms with E-state index in [9.17, 15) is 4.39 Å². The number of hydrogen-bond acceptors (Lipinski definition) is 1. The van der Waals surface area contributed by atoms with Crippen LogP contribution in [0.3, 0.4) is 0 Å². The molecule has 0 aromatic carbocycles. The third-order valence-electron chi connectivity index (χ3n) is 4.16. The molecular weight excluding hydrogens is 261 g/mol. The van der Waals surface area contributed by atoms with Crippen molar-refractivity contribution in [3.63, 3.8) is 0 Å². The molecule has 1 aliphatic carbocycles. The van der Waals surface area contributed by atoms with E-state index in [4.69, 9.17) is 0 Å². The van der Waals surface area contributed by atoms with Gasteiger partial charge in [-0.15, -0.1) is 6.58 Å². The monoisotopic (exact) mass is 297 g/mol. The van der Waals surface area contributed by atoms with Gasteiger partial charge in [0.05, 0.1) is 0 Å². The average molecular weight is 298 g/mol. The second kappa shape index (κ2) is 14.2. The van der Waals surface area contributed by atoms with Gasteiger partial charge in [-0.1, -0.05) is 71.4 Å². The van der Waals surface area contributed by atoms with Gasteiger partial charge < -0.3 is 5.32 Å². The van der Waals surface area contributed by atoms with Crippen LogP contribution in [0.1, 0.15) is 78.6 Å². The van der Waals surface area contributed by atoms with Crippen LogP contribution in [0.25, 0.3) is 0 Å². The highest BCUT2D eigenvalue weighted by molar-refractivity contribution is 4.91. The number of allylic oxidation sites excluding steroid dienone is 2. The first-order chi connectivity index (χ1) is 10.2. The van der Waals surface area contributed by atoms with Gasteiger partial charge >= 0.3 is 0 Å². The van der Waals surface area contributed by atoms with Crippen LogP contribution >= 0.6 is 0 Å². The molecule has 0 heterocycles. The van der Waals surface area contributed by atoms with Crippen molar-refractivity contribution in [2.24, 2.45) is 5.92 Å². The molecule has 0 spiro atoms. The lowest BCUT2D eigenvalue weighted by molar-refractivity contribution is 0.334. The Kier molecular flexibility index (Phi) is 13.6. The van der Waals surface area contributed by atoms with Gasteiger partial charge in [-0.3, -0.25) is 0 Å². The Balaban J connectivity index is 0.00000191. The second-order valence-electron chi connectivity index (χ2n) is 5.84. The molecule has 0 radical (unpaired) electrons. The van der Waals surface area contributed by atoms with Crippen LogP contribution in [0, 0.1) is 5.92 Å². The van der Waals surface area contributed by atoms with Gasteiger partial charge in [-0.05, 0) is 25.0 Å². The minimum Gasteiger partial charge on any atom is -0.388 e. The summed E-state index contributed by atoms with van der Waals surface area (Å²) in [6, 6.07) is 0.552. The molecule has 21 heavy (non-hydrogen) atoms. The van der Waals surface area contributed by atoms with Gasteiger partial charge in [0.25, 0.3) is 0 Å². The number of halogens is 1. The number of hydrogen-bond donors (Lipinski definition) is 1. The molecule has 0 amide bonds. The van der Waals surface area contributed by atoms with E-state index in [1.807, 2.05) is 26.1 Å². The lowest BCUT2D eigenvalue weighted by Crippen LogP contribution is -2.31. The maximum Gasteiger partial charge on any atom is 0.121 e. The Morgan fingerprint density at radius 1 is 1.10 bits per heavy atom. The number of rotatable bonds is 5. The van der Waals surface area contributed by atoms with Gasteiger partial charge in [0, 0.05) is 12.5 Å². The zero-order chi connectivity index (χ0) is 15.9. The Hall–Kier alpha value is -0.790. The van der Waals surface area contributed by atoms with Crippen LogP contribution in [0.2, 0.25) is 0 Å². The third kappa shape index (κ3) is 10.6. The van der Waals surface area contributed by atoms with E-state index in [1.54, 1.807) is 0 Å². The largest absolute Gasteiger partial charge is 0.388 e. The lowest BCUT2D eigenvalue weighted by Gasteiger charge is -2.25. The van der Waals surface area contributed by atoms with Crippen molar-refractivity contribution in [3.8, 4) is 0 Å². The summed E-state index contributed by atoms with van der Waals surface area (Å²) < 4.78 is 13.0. The lowest BCUT2D eigenvalue weighted by atomic mass is 9.89. The Bertz CT molecular complexity index is 262. The maximum atomic E-state index is 13.0. The molecule has 1 N–H and O–H groups in total. The topological polar surface area (TPSA) is 12.0 Å². The van der Waals surface area contributed by atoms with Crippen molar-refractivity contribution in [2.45, 2.75) is 90.8 Å². The normalized spacial score (nSPS) is 25.5. The van der Waals surface area contributed by atoms with E-state index in [0.29, 0.717) is 18.4 Å². The quantitative estimate of drug-likeness (QED) is 0.598. The molecule has 2 heteroatoms. The van der Waals surface area contributed by atoms with E-state index >= 15 is 0 Å². The molecule has 1 fully saturated rings. The number of alkyl halides is 1. The van der Waals surface area contributed by atoms with Gasteiger partial charge in [0.1, 0.15) is 6.17 Å². The average Bonchev–Trinajstić information content (AvgIpc) is 2.53. The van der Waals surface area contributed by atoms with Crippen molar-refractivity contribution in [1.29, 1.82) is 0 Å². The zero-order valence-corrected chi connectivity index (χ0v) is 14.4. The van der Waals surface area contributed by atoms with Gasteiger partial charge in [-0.2, -0.15) is 0 Å². The first-order valence-electron chi connectivity index (χ1n) is 8.91. The molecule has 1 aliphatic rings. The zero-order valence-electron chi connectivity index (χ0n) is 14.4. The smallest absolute Gasteiger partial charge is 0.121 e. The third-order valence-corrected chi connectivity index (χ3v) is 4.16. The highest BCUT2D eigenvalue weighted by atomic mass is 19.1. The highest BCUT2D eigenvalue weighted by Gasteiger charge is 2.16. The molecule has 3 atom stereocenters. The summed E-state index contributed by atoms with van der Waals surface area (Å²) in [5.41, 5.74) is 0. The predicted octanol–water partition coefficient (Wildman–Crippen LogP) is 6.17. The molecule has 0 aromatic heterocycles. The van der Waals surface area contributed by atoms with Crippen molar-refractivity contribution in [3.05, 3.63) is 24.9 Å². The molecule has 0 saturated heterocycles. The molecule has 1 saturated carbocycles. The molecule has 3 unspecified atom stereocenters. The van der Waals surface area contributed by atoms with Gasteiger partial charge in [0.15, 0.2) is 0 Å². The van der Waals surface area contributed by atoms with Gasteiger partial charge in [0.2, 0.25) is 0 Å². The minimum absolute atomic E-state index is 0.428. The van der Waals surface area contributed by atoms with Crippen molar-refractivity contribution in [2.75, 3.05) is 0 Å². The van der Waals surface area contributed by atoms with Crippen LogP contribution in [0.5, 0.6) is 0 Å². The SMILES string of the molecule is C=CC(F)C/C=C/NC1CCCCCCCCC1C.CC. The van der Waals surface area contributed by atoms with E-state index < -0.39 is 6.17 Å². The molecule has 124 valence electrons. The molecular formula is C19H36FN. The van der Waals surface area contributed by atoms with E-state index in [1.165, 1.54) is 57.4 Å².